The van der Waals surface area contributed by atoms with Crippen LogP contribution in [0.5, 0.6) is 17.2 Å². The van der Waals surface area contributed by atoms with Gasteiger partial charge in [-0.1, -0.05) is 38.5 Å². The fourth-order valence-corrected chi connectivity index (χ4v) is 4.67. The molecule has 0 aliphatic heterocycles. The Labute approximate surface area is 258 Å². The van der Waals surface area contributed by atoms with Crippen LogP contribution in [0.15, 0.2) is 12.1 Å². The molecule has 1 unspecified atom stereocenters. The fourth-order valence-electron chi connectivity index (χ4n) is 4.67. The highest BCUT2D eigenvalue weighted by molar-refractivity contribution is 5.88. The summed E-state index contributed by atoms with van der Waals surface area (Å²) in [5, 5.41) is 12.0. The van der Waals surface area contributed by atoms with Crippen molar-refractivity contribution >= 4 is 17.7 Å². The molecule has 0 fully saturated rings. The van der Waals surface area contributed by atoms with E-state index < -0.39 is 6.04 Å². The first-order chi connectivity index (χ1) is 20.9. The zero-order chi connectivity index (χ0) is 31.7. The van der Waals surface area contributed by atoms with E-state index >= 15 is 0 Å². The molecule has 0 radical (unpaired) electrons. The van der Waals surface area contributed by atoms with Crippen LogP contribution in [-0.4, -0.2) is 77.8 Å². The number of carbonyl (C=O) groups excluding carboxylic acids is 3. The van der Waals surface area contributed by atoms with Crippen LogP contribution in [0, 0.1) is 0 Å². The summed E-state index contributed by atoms with van der Waals surface area (Å²) < 4.78 is 16.0. The van der Waals surface area contributed by atoms with Crippen LogP contribution in [0.3, 0.4) is 0 Å². The lowest BCUT2D eigenvalue weighted by atomic mass is 10.1. The first-order valence-electron chi connectivity index (χ1n) is 15.9. The van der Waals surface area contributed by atoms with Crippen LogP contribution in [0.2, 0.25) is 0 Å². The molecule has 0 saturated carbocycles. The van der Waals surface area contributed by atoms with Gasteiger partial charge in [-0.05, 0) is 76.4 Å². The summed E-state index contributed by atoms with van der Waals surface area (Å²) in [5.41, 5.74) is 6.16. The quantitative estimate of drug-likeness (QED) is 0.101. The van der Waals surface area contributed by atoms with Gasteiger partial charge >= 0.3 is 0 Å². The Morgan fingerprint density at radius 2 is 1.26 bits per heavy atom. The number of methoxy groups -OCH3 is 3. The summed E-state index contributed by atoms with van der Waals surface area (Å²) in [4.78, 5) is 36.9. The predicted molar refractivity (Wildman–Crippen MR) is 171 cm³/mol. The summed E-state index contributed by atoms with van der Waals surface area (Å²) in [6.07, 6.45) is 12.3. The van der Waals surface area contributed by atoms with Crippen LogP contribution in [-0.2, 0) is 20.8 Å². The van der Waals surface area contributed by atoms with Crippen LogP contribution < -0.4 is 41.2 Å². The zero-order valence-electron chi connectivity index (χ0n) is 27.0. The van der Waals surface area contributed by atoms with Gasteiger partial charge in [-0.2, -0.15) is 0 Å². The Balaban J connectivity index is 2.04. The van der Waals surface area contributed by atoms with Gasteiger partial charge in [0.05, 0.1) is 27.8 Å². The molecule has 0 bridgehead atoms. The molecule has 0 saturated heterocycles. The van der Waals surface area contributed by atoms with Crippen molar-refractivity contribution in [3.05, 3.63) is 17.7 Å². The van der Waals surface area contributed by atoms with Gasteiger partial charge in [0.2, 0.25) is 23.5 Å². The molecule has 0 aromatic heterocycles. The third kappa shape index (κ3) is 17.6. The molecule has 0 spiro atoms. The molecule has 6 N–H and O–H groups in total. The van der Waals surface area contributed by atoms with Crippen molar-refractivity contribution in [2.45, 2.75) is 96.4 Å². The van der Waals surface area contributed by atoms with Crippen molar-refractivity contribution in [1.29, 1.82) is 0 Å². The second-order valence-electron chi connectivity index (χ2n) is 10.8. The van der Waals surface area contributed by atoms with Crippen molar-refractivity contribution in [3.8, 4) is 17.2 Å². The standard InChI is InChI=1S/C32H57N5O6/c1-25(37-30(39)24-26-22-27(41-2)31(43-4)28(23-26)42-3)32(40)36-20-13-10-8-6-5-7-9-11-16-29(38)35-21-15-19-34-18-14-12-17-33/h22-23,25,34H,5-21,24,33H2,1-4H3,(H,35,38)(H,36,40)(H,37,39). The van der Waals surface area contributed by atoms with E-state index in [9.17, 15) is 14.4 Å². The average molecular weight is 608 g/mol. The van der Waals surface area contributed by atoms with E-state index in [2.05, 4.69) is 21.3 Å². The van der Waals surface area contributed by atoms with E-state index in [4.69, 9.17) is 19.9 Å². The van der Waals surface area contributed by atoms with Crippen molar-refractivity contribution in [2.75, 3.05) is 54.1 Å². The van der Waals surface area contributed by atoms with Gasteiger partial charge in [-0.25, -0.2) is 0 Å². The Morgan fingerprint density at radius 1 is 0.698 bits per heavy atom. The molecule has 0 aliphatic carbocycles. The monoisotopic (exact) mass is 607 g/mol. The first-order valence-corrected chi connectivity index (χ1v) is 15.9. The summed E-state index contributed by atoms with van der Waals surface area (Å²) in [5.74, 6) is 1.09. The van der Waals surface area contributed by atoms with Crippen LogP contribution >= 0.6 is 0 Å². The van der Waals surface area contributed by atoms with Gasteiger partial charge in [0.25, 0.3) is 0 Å². The molecule has 11 nitrogen and oxygen atoms in total. The number of carbonyl (C=O) groups is 3. The minimum absolute atomic E-state index is 0.0794. The largest absolute Gasteiger partial charge is 0.493 e. The number of benzene rings is 1. The molecule has 43 heavy (non-hydrogen) atoms. The number of nitrogens with one attached hydrogen (secondary N) is 4. The van der Waals surface area contributed by atoms with Crippen molar-refractivity contribution in [1.82, 2.24) is 21.3 Å². The Kier molecular flexibility index (Phi) is 21.5. The normalized spacial score (nSPS) is 11.5. The molecule has 0 aliphatic rings. The lowest BCUT2D eigenvalue weighted by Crippen LogP contribution is -2.45. The second kappa shape index (κ2) is 24.4. The SMILES string of the molecule is COc1cc(CC(=O)NC(C)C(=O)NCCCCCCCCCCC(=O)NCCCNCCCCN)cc(OC)c1OC. The van der Waals surface area contributed by atoms with Gasteiger partial charge in [0.1, 0.15) is 6.04 Å². The third-order valence-electron chi connectivity index (χ3n) is 7.15. The molecule has 11 heteroatoms. The molecule has 1 atom stereocenters. The Bertz CT molecular complexity index is 905. The van der Waals surface area contributed by atoms with Gasteiger partial charge in [-0.3, -0.25) is 14.4 Å². The number of amides is 3. The molecule has 1 rings (SSSR count). The fraction of sp³-hybridized carbons (Fsp3) is 0.719. The van der Waals surface area contributed by atoms with E-state index in [0.29, 0.717) is 35.8 Å². The van der Waals surface area contributed by atoms with Crippen molar-refractivity contribution in [3.63, 3.8) is 0 Å². The number of nitrogens with two attached hydrogens (primary N) is 1. The van der Waals surface area contributed by atoms with Crippen LogP contribution in [0.4, 0.5) is 0 Å². The molecule has 0 heterocycles. The highest BCUT2D eigenvalue weighted by atomic mass is 16.5. The van der Waals surface area contributed by atoms with Gasteiger partial charge in [-0.15, -0.1) is 0 Å². The van der Waals surface area contributed by atoms with Crippen LogP contribution in [0.25, 0.3) is 0 Å². The highest BCUT2D eigenvalue weighted by Crippen LogP contribution is 2.38. The van der Waals surface area contributed by atoms with Gasteiger partial charge < -0.3 is 41.2 Å². The zero-order valence-corrected chi connectivity index (χ0v) is 27.0. The lowest BCUT2D eigenvalue weighted by molar-refractivity contribution is -0.128. The number of ether oxygens (including phenoxy) is 3. The summed E-state index contributed by atoms with van der Waals surface area (Å²) in [7, 11) is 4.57. The van der Waals surface area contributed by atoms with Crippen molar-refractivity contribution < 1.29 is 28.6 Å². The van der Waals surface area contributed by atoms with Crippen molar-refractivity contribution in [2.24, 2.45) is 5.73 Å². The average Bonchev–Trinajstić information content (AvgIpc) is 3.00. The van der Waals surface area contributed by atoms with E-state index in [1.54, 1.807) is 19.1 Å². The molecular weight excluding hydrogens is 550 g/mol. The first kappa shape index (κ1) is 38.0. The summed E-state index contributed by atoms with van der Waals surface area (Å²) in [6.45, 7) is 5.65. The predicted octanol–water partition coefficient (Wildman–Crippen LogP) is 3.22. The molecular formula is C32H57N5O6. The van der Waals surface area contributed by atoms with Gasteiger partial charge in [0.15, 0.2) is 11.5 Å². The number of hydrogen-bond acceptors (Lipinski definition) is 8. The topological polar surface area (TPSA) is 153 Å². The van der Waals surface area contributed by atoms with E-state index in [-0.39, 0.29) is 24.1 Å². The third-order valence-corrected chi connectivity index (χ3v) is 7.15. The summed E-state index contributed by atoms with van der Waals surface area (Å²) >= 11 is 0. The minimum Gasteiger partial charge on any atom is -0.493 e. The summed E-state index contributed by atoms with van der Waals surface area (Å²) in [6, 6.07) is 2.81. The highest BCUT2D eigenvalue weighted by Gasteiger charge is 2.18. The van der Waals surface area contributed by atoms with Crippen LogP contribution in [0.1, 0.15) is 89.5 Å². The van der Waals surface area contributed by atoms with E-state index in [1.165, 1.54) is 27.8 Å². The molecule has 3 amide bonds. The maximum atomic E-state index is 12.5. The van der Waals surface area contributed by atoms with E-state index in [0.717, 1.165) is 90.4 Å². The molecule has 1 aromatic rings. The van der Waals surface area contributed by atoms with Gasteiger partial charge in [0, 0.05) is 19.5 Å². The second-order valence-corrected chi connectivity index (χ2v) is 10.8. The van der Waals surface area contributed by atoms with E-state index in [1.807, 2.05) is 0 Å². The molecule has 246 valence electrons. The maximum Gasteiger partial charge on any atom is 0.242 e. The number of rotatable bonds is 26. The molecule has 1 aromatic carbocycles. The minimum atomic E-state index is -0.634. The lowest BCUT2D eigenvalue weighted by Gasteiger charge is -2.16. The Morgan fingerprint density at radius 3 is 1.86 bits per heavy atom. The Hall–Kier alpha value is -3.05. The smallest absolute Gasteiger partial charge is 0.242 e. The maximum absolute atomic E-state index is 12.5. The number of unbranched alkanes of at least 4 members (excludes halogenated alkanes) is 8. The number of hydrogen-bond donors (Lipinski definition) is 5.